The van der Waals surface area contributed by atoms with Gasteiger partial charge in [0.1, 0.15) is 5.82 Å². The van der Waals surface area contributed by atoms with Crippen LogP contribution < -0.4 is 10.6 Å². The van der Waals surface area contributed by atoms with Crippen LogP contribution in [0.1, 0.15) is 38.2 Å². The number of unbranched alkanes of at least 4 members (excludes halogenated alkanes) is 2. The number of carbonyl (C=O) groups is 2. The zero-order valence-electron chi connectivity index (χ0n) is 12.0. The molecule has 0 spiro atoms. The van der Waals surface area contributed by atoms with E-state index in [1.807, 2.05) is 0 Å². The van der Waals surface area contributed by atoms with Crippen molar-refractivity contribution in [3.63, 3.8) is 0 Å². The van der Waals surface area contributed by atoms with E-state index >= 15 is 0 Å². The van der Waals surface area contributed by atoms with Gasteiger partial charge in [0.05, 0.1) is 0 Å². The number of anilines is 1. The average molecular weight is 280 g/mol. The molecule has 0 aliphatic heterocycles. The van der Waals surface area contributed by atoms with Crippen LogP contribution in [0.4, 0.5) is 10.1 Å². The number of halogens is 1. The first-order valence-electron chi connectivity index (χ1n) is 6.79. The second-order valence-electron chi connectivity index (χ2n) is 4.81. The van der Waals surface area contributed by atoms with Crippen LogP contribution in [0.5, 0.6) is 0 Å². The van der Waals surface area contributed by atoms with Gasteiger partial charge in [-0.25, -0.2) is 4.39 Å². The zero-order valence-corrected chi connectivity index (χ0v) is 12.0. The molecular formula is C15H21FN2O2. The second kappa shape index (κ2) is 8.30. The van der Waals surface area contributed by atoms with E-state index < -0.39 is 0 Å². The molecule has 0 aliphatic carbocycles. The van der Waals surface area contributed by atoms with Gasteiger partial charge >= 0.3 is 0 Å². The molecule has 0 radical (unpaired) electrons. The Morgan fingerprint density at radius 2 is 1.95 bits per heavy atom. The van der Waals surface area contributed by atoms with Crippen LogP contribution in [0.15, 0.2) is 18.2 Å². The van der Waals surface area contributed by atoms with Gasteiger partial charge in [-0.3, -0.25) is 9.59 Å². The molecule has 1 rings (SSSR count). The van der Waals surface area contributed by atoms with Crippen molar-refractivity contribution >= 4 is 17.5 Å². The molecule has 2 amide bonds. The van der Waals surface area contributed by atoms with Gasteiger partial charge in [-0.15, -0.1) is 0 Å². The largest absolute Gasteiger partial charge is 0.356 e. The quantitative estimate of drug-likeness (QED) is 0.754. The van der Waals surface area contributed by atoms with Crippen molar-refractivity contribution in [3.8, 4) is 0 Å². The lowest BCUT2D eigenvalue weighted by Gasteiger charge is -2.06. The molecule has 0 fully saturated rings. The number of hydrogen-bond donors (Lipinski definition) is 2. The number of carbonyl (C=O) groups excluding carboxylic acids is 2. The van der Waals surface area contributed by atoms with Crippen LogP contribution in [0.25, 0.3) is 0 Å². The van der Waals surface area contributed by atoms with Crippen molar-refractivity contribution < 1.29 is 14.0 Å². The van der Waals surface area contributed by atoms with E-state index in [1.54, 1.807) is 19.1 Å². The molecule has 1 aromatic carbocycles. The molecule has 0 unspecified atom stereocenters. The molecule has 0 saturated carbocycles. The normalized spacial score (nSPS) is 10.2. The van der Waals surface area contributed by atoms with E-state index in [9.17, 15) is 14.0 Å². The summed E-state index contributed by atoms with van der Waals surface area (Å²) in [6.45, 7) is 3.80. The predicted molar refractivity (Wildman–Crippen MR) is 76.9 cm³/mol. The summed E-state index contributed by atoms with van der Waals surface area (Å²) < 4.78 is 13.3. The number of hydrogen-bond acceptors (Lipinski definition) is 2. The molecule has 0 aliphatic rings. The summed E-state index contributed by atoms with van der Waals surface area (Å²) in [4.78, 5) is 22.3. The first-order chi connectivity index (χ1) is 9.49. The van der Waals surface area contributed by atoms with Crippen molar-refractivity contribution in [2.24, 2.45) is 0 Å². The van der Waals surface area contributed by atoms with Crippen molar-refractivity contribution in [1.29, 1.82) is 0 Å². The van der Waals surface area contributed by atoms with Crippen LogP contribution in [0.2, 0.25) is 0 Å². The predicted octanol–water partition coefficient (Wildman–Crippen LogP) is 2.77. The van der Waals surface area contributed by atoms with Gasteiger partial charge in [0.25, 0.3) is 0 Å². The Hall–Kier alpha value is -1.91. The molecule has 0 heterocycles. The number of rotatable bonds is 7. The van der Waals surface area contributed by atoms with Gasteiger partial charge in [-0.2, -0.15) is 0 Å². The molecule has 0 bridgehead atoms. The first-order valence-corrected chi connectivity index (χ1v) is 6.79. The van der Waals surface area contributed by atoms with Gasteiger partial charge in [0.2, 0.25) is 11.8 Å². The highest BCUT2D eigenvalue weighted by Crippen LogP contribution is 2.14. The van der Waals surface area contributed by atoms with E-state index in [0.717, 1.165) is 19.3 Å². The summed E-state index contributed by atoms with van der Waals surface area (Å²) in [7, 11) is 0. The lowest BCUT2D eigenvalue weighted by Crippen LogP contribution is -2.20. The Labute approximate surface area is 118 Å². The third-order valence-corrected chi connectivity index (χ3v) is 2.91. The van der Waals surface area contributed by atoms with Crippen LogP contribution in [0.3, 0.4) is 0 Å². The second-order valence-corrected chi connectivity index (χ2v) is 4.81. The van der Waals surface area contributed by atoms with Crippen molar-refractivity contribution in [3.05, 3.63) is 29.6 Å². The fourth-order valence-electron chi connectivity index (χ4n) is 1.75. The summed E-state index contributed by atoms with van der Waals surface area (Å²) >= 11 is 0. The van der Waals surface area contributed by atoms with E-state index in [0.29, 0.717) is 24.2 Å². The molecule has 0 atom stereocenters. The standard InChI is InChI=1S/C15H21FN2O2/c1-11-7-8-13(10-14(11)16)18-15(20)6-4-3-5-9-17-12(2)19/h7-8,10H,3-6,9H2,1-2H3,(H,17,19)(H,18,20). The minimum atomic E-state index is -0.321. The van der Waals surface area contributed by atoms with Crippen molar-refractivity contribution in [2.45, 2.75) is 39.5 Å². The first kappa shape index (κ1) is 16.1. The topological polar surface area (TPSA) is 58.2 Å². The summed E-state index contributed by atoms with van der Waals surface area (Å²) in [6, 6.07) is 4.65. The smallest absolute Gasteiger partial charge is 0.224 e. The Balaban J connectivity index is 2.20. The average Bonchev–Trinajstić information content (AvgIpc) is 2.38. The van der Waals surface area contributed by atoms with Crippen LogP contribution in [0, 0.1) is 12.7 Å². The highest BCUT2D eigenvalue weighted by molar-refractivity contribution is 5.90. The summed E-state index contributed by atoms with van der Waals surface area (Å²) in [5.74, 6) is -0.477. The fraction of sp³-hybridized carbons (Fsp3) is 0.467. The van der Waals surface area contributed by atoms with Gasteiger partial charge in [0, 0.05) is 25.6 Å². The highest BCUT2D eigenvalue weighted by Gasteiger charge is 2.04. The number of aryl methyl sites for hydroxylation is 1. The molecule has 5 heteroatoms. The Bertz CT molecular complexity index is 475. The van der Waals surface area contributed by atoms with E-state index in [2.05, 4.69) is 10.6 Å². The summed E-state index contributed by atoms with van der Waals surface area (Å²) in [6.07, 6.45) is 2.87. The molecule has 20 heavy (non-hydrogen) atoms. The SMILES string of the molecule is CC(=O)NCCCCCC(=O)Nc1ccc(C)c(F)c1. The minimum Gasteiger partial charge on any atom is -0.356 e. The number of nitrogens with one attached hydrogen (secondary N) is 2. The zero-order chi connectivity index (χ0) is 15.0. The van der Waals surface area contributed by atoms with E-state index in [-0.39, 0.29) is 17.6 Å². The summed E-state index contributed by atoms with van der Waals surface area (Å²) in [5, 5.41) is 5.37. The van der Waals surface area contributed by atoms with Gasteiger partial charge in [-0.1, -0.05) is 12.5 Å². The van der Waals surface area contributed by atoms with Gasteiger partial charge in [0.15, 0.2) is 0 Å². The molecule has 4 nitrogen and oxygen atoms in total. The maximum absolute atomic E-state index is 13.3. The minimum absolute atomic E-state index is 0.0378. The maximum Gasteiger partial charge on any atom is 0.224 e. The lowest BCUT2D eigenvalue weighted by atomic mass is 10.1. The van der Waals surface area contributed by atoms with Gasteiger partial charge in [-0.05, 0) is 37.5 Å². The molecule has 0 saturated heterocycles. The maximum atomic E-state index is 13.3. The van der Waals surface area contributed by atoms with E-state index in [4.69, 9.17) is 0 Å². The van der Waals surface area contributed by atoms with Gasteiger partial charge < -0.3 is 10.6 Å². The Morgan fingerprint density at radius 3 is 2.60 bits per heavy atom. The van der Waals surface area contributed by atoms with E-state index in [1.165, 1.54) is 13.0 Å². The lowest BCUT2D eigenvalue weighted by molar-refractivity contribution is -0.119. The molecule has 2 N–H and O–H groups in total. The van der Waals surface area contributed by atoms with Crippen molar-refractivity contribution in [1.82, 2.24) is 5.32 Å². The molecule has 110 valence electrons. The monoisotopic (exact) mass is 280 g/mol. The third kappa shape index (κ3) is 6.31. The molecule has 1 aromatic rings. The Morgan fingerprint density at radius 1 is 1.20 bits per heavy atom. The highest BCUT2D eigenvalue weighted by atomic mass is 19.1. The Kier molecular flexibility index (Phi) is 6.70. The number of benzene rings is 1. The third-order valence-electron chi connectivity index (χ3n) is 2.91. The van der Waals surface area contributed by atoms with Crippen LogP contribution in [-0.2, 0) is 9.59 Å². The fourth-order valence-corrected chi connectivity index (χ4v) is 1.75. The molecular weight excluding hydrogens is 259 g/mol. The van der Waals surface area contributed by atoms with Crippen LogP contribution >= 0.6 is 0 Å². The molecule has 0 aromatic heterocycles. The summed E-state index contributed by atoms with van der Waals surface area (Å²) in [5.41, 5.74) is 1.04. The number of amides is 2. The van der Waals surface area contributed by atoms with Crippen LogP contribution in [-0.4, -0.2) is 18.4 Å². The van der Waals surface area contributed by atoms with Crippen molar-refractivity contribution in [2.75, 3.05) is 11.9 Å².